The fourth-order valence-corrected chi connectivity index (χ4v) is 2.60. The molecule has 7 nitrogen and oxygen atoms in total. The number of benzene rings is 1. The van der Waals surface area contributed by atoms with Crippen molar-refractivity contribution >= 4 is 22.5 Å². The van der Waals surface area contributed by atoms with Crippen molar-refractivity contribution in [1.29, 1.82) is 0 Å². The van der Waals surface area contributed by atoms with Gasteiger partial charge in [0.25, 0.3) is 0 Å². The molecule has 118 valence electrons. The van der Waals surface area contributed by atoms with Gasteiger partial charge in [0.15, 0.2) is 5.65 Å². The molecule has 0 atom stereocenters. The highest BCUT2D eigenvalue weighted by atomic mass is 16.1. The van der Waals surface area contributed by atoms with Crippen LogP contribution in [0, 0.1) is 0 Å². The number of imidazole rings is 1. The number of hydrogen-bond donors (Lipinski definition) is 2. The van der Waals surface area contributed by atoms with Crippen molar-refractivity contribution in [3.63, 3.8) is 0 Å². The van der Waals surface area contributed by atoms with Crippen LogP contribution in [0.1, 0.15) is 0 Å². The second kappa shape index (κ2) is 5.62. The summed E-state index contributed by atoms with van der Waals surface area (Å²) in [6.45, 7) is 0. The number of pyridine rings is 1. The SMILES string of the molecule is Cn1ccnc1-c1cccc(Nc2[nH]c(=O)nc3ncccc23)c1. The summed E-state index contributed by atoms with van der Waals surface area (Å²) >= 11 is 0. The van der Waals surface area contributed by atoms with Crippen LogP contribution in [0.5, 0.6) is 0 Å². The van der Waals surface area contributed by atoms with Gasteiger partial charge in [-0.25, -0.2) is 14.8 Å². The van der Waals surface area contributed by atoms with Gasteiger partial charge in [-0.2, -0.15) is 4.98 Å². The van der Waals surface area contributed by atoms with Crippen LogP contribution in [0.15, 0.2) is 59.8 Å². The summed E-state index contributed by atoms with van der Waals surface area (Å²) in [5.74, 6) is 1.43. The van der Waals surface area contributed by atoms with E-state index in [1.54, 1.807) is 18.5 Å². The maximum atomic E-state index is 11.7. The largest absolute Gasteiger partial charge is 0.348 e. The van der Waals surface area contributed by atoms with Crippen molar-refractivity contribution in [3.8, 4) is 11.4 Å². The Morgan fingerprint density at radius 2 is 2.04 bits per heavy atom. The van der Waals surface area contributed by atoms with Gasteiger partial charge in [-0.05, 0) is 24.3 Å². The quantitative estimate of drug-likeness (QED) is 0.606. The number of fused-ring (bicyclic) bond motifs is 1. The van der Waals surface area contributed by atoms with Gasteiger partial charge < -0.3 is 9.88 Å². The normalized spacial score (nSPS) is 10.9. The number of nitrogens with one attached hydrogen (secondary N) is 2. The first kappa shape index (κ1) is 14.1. The minimum absolute atomic E-state index is 0.406. The van der Waals surface area contributed by atoms with Crippen molar-refractivity contribution in [2.75, 3.05) is 5.32 Å². The molecule has 0 aliphatic heterocycles. The van der Waals surface area contributed by atoms with Crippen LogP contribution in [-0.4, -0.2) is 24.5 Å². The first-order chi connectivity index (χ1) is 11.7. The van der Waals surface area contributed by atoms with Gasteiger partial charge in [0, 0.05) is 36.9 Å². The molecule has 3 aromatic heterocycles. The van der Waals surface area contributed by atoms with E-state index in [-0.39, 0.29) is 0 Å². The molecule has 0 saturated heterocycles. The van der Waals surface area contributed by atoms with Crippen LogP contribution < -0.4 is 11.0 Å². The van der Waals surface area contributed by atoms with E-state index in [4.69, 9.17) is 0 Å². The van der Waals surface area contributed by atoms with Gasteiger partial charge in [0.2, 0.25) is 0 Å². The number of aromatic nitrogens is 5. The highest BCUT2D eigenvalue weighted by molar-refractivity contribution is 5.88. The molecule has 4 rings (SSSR count). The van der Waals surface area contributed by atoms with Crippen molar-refractivity contribution in [1.82, 2.24) is 24.5 Å². The van der Waals surface area contributed by atoms with Crippen LogP contribution in [-0.2, 0) is 7.05 Å². The Balaban J connectivity index is 1.77. The molecule has 0 unspecified atom stereocenters. The van der Waals surface area contributed by atoms with Crippen LogP contribution in [0.4, 0.5) is 11.5 Å². The average molecular weight is 318 g/mol. The van der Waals surface area contributed by atoms with E-state index in [2.05, 4.69) is 25.3 Å². The lowest BCUT2D eigenvalue weighted by Crippen LogP contribution is -2.13. The van der Waals surface area contributed by atoms with Crippen LogP contribution >= 0.6 is 0 Å². The standard InChI is InChI=1S/C17H14N6O/c1-23-9-8-19-16(23)11-4-2-5-12(10-11)20-15-13-6-3-7-18-14(13)21-17(24)22-15/h2-10H,1H3,(H2,18,20,21,22,24). The molecule has 0 bridgehead atoms. The van der Waals surface area contributed by atoms with Gasteiger partial charge in [0.05, 0.1) is 5.39 Å². The molecule has 7 heteroatoms. The van der Waals surface area contributed by atoms with Gasteiger partial charge >= 0.3 is 5.69 Å². The average Bonchev–Trinajstić information content (AvgIpc) is 3.01. The zero-order valence-electron chi connectivity index (χ0n) is 12.9. The highest BCUT2D eigenvalue weighted by Gasteiger charge is 2.08. The fourth-order valence-electron chi connectivity index (χ4n) is 2.60. The minimum atomic E-state index is -0.441. The smallest absolute Gasteiger partial charge is 0.341 e. The number of anilines is 2. The molecular weight excluding hydrogens is 304 g/mol. The Hall–Kier alpha value is -3.48. The number of aryl methyl sites for hydroxylation is 1. The lowest BCUT2D eigenvalue weighted by molar-refractivity contribution is 0.925. The fraction of sp³-hybridized carbons (Fsp3) is 0.0588. The Kier molecular flexibility index (Phi) is 3.31. The van der Waals surface area contributed by atoms with E-state index in [1.165, 1.54) is 0 Å². The Bertz CT molecular complexity index is 1080. The number of H-pyrrole nitrogens is 1. The molecule has 0 spiro atoms. The maximum absolute atomic E-state index is 11.7. The number of aromatic amines is 1. The third kappa shape index (κ3) is 2.52. The predicted molar refractivity (Wildman–Crippen MR) is 92.1 cm³/mol. The van der Waals surface area contributed by atoms with E-state index in [1.807, 2.05) is 48.1 Å². The van der Waals surface area contributed by atoms with E-state index in [0.717, 1.165) is 22.5 Å². The van der Waals surface area contributed by atoms with Gasteiger partial charge in [-0.1, -0.05) is 12.1 Å². The van der Waals surface area contributed by atoms with Gasteiger partial charge in [-0.15, -0.1) is 0 Å². The summed E-state index contributed by atoms with van der Waals surface area (Å²) in [4.78, 5) is 26.8. The van der Waals surface area contributed by atoms with Crippen molar-refractivity contribution < 1.29 is 0 Å². The molecule has 0 aliphatic rings. The zero-order chi connectivity index (χ0) is 16.5. The maximum Gasteiger partial charge on any atom is 0.348 e. The second-order valence-corrected chi connectivity index (χ2v) is 5.36. The molecule has 0 amide bonds. The van der Waals surface area contributed by atoms with E-state index < -0.39 is 5.69 Å². The van der Waals surface area contributed by atoms with Crippen LogP contribution in [0.25, 0.3) is 22.4 Å². The molecular formula is C17H14N6O. The van der Waals surface area contributed by atoms with Crippen molar-refractivity contribution in [3.05, 3.63) is 65.5 Å². The minimum Gasteiger partial charge on any atom is -0.341 e. The first-order valence-electron chi connectivity index (χ1n) is 7.40. The monoisotopic (exact) mass is 318 g/mol. The molecule has 3 heterocycles. The predicted octanol–water partition coefficient (Wildman–Crippen LogP) is 2.46. The highest BCUT2D eigenvalue weighted by Crippen LogP contribution is 2.24. The first-order valence-corrected chi connectivity index (χ1v) is 7.40. The van der Waals surface area contributed by atoms with Gasteiger partial charge in [0.1, 0.15) is 11.6 Å². The molecule has 2 N–H and O–H groups in total. The molecule has 0 aliphatic carbocycles. The second-order valence-electron chi connectivity index (χ2n) is 5.36. The zero-order valence-corrected chi connectivity index (χ0v) is 12.9. The summed E-state index contributed by atoms with van der Waals surface area (Å²) < 4.78 is 1.95. The third-order valence-corrected chi connectivity index (χ3v) is 3.71. The Morgan fingerprint density at radius 3 is 2.88 bits per heavy atom. The van der Waals surface area contributed by atoms with Gasteiger partial charge in [-0.3, -0.25) is 4.98 Å². The Labute approximate surface area is 137 Å². The van der Waals surface area contributed by atoms with Crippen molar-refractivity contribution in [2.24, 2.45) is 7.05 Å². The number of nitrogens with zero attached hydrogens (tertiary/aromatic N) is 4. The van der Waals surface area contributed by atoms with Crippen molar-refractivity contribution in [2.45, 2.75) is 0 Å². The van der Waals surface area contributed by atoms with E-state index in [9.17, 15) is 4.79 Å². The van der Waals surface area contributed by atoms with E-state index in [0.29, 0.717) is 11.5 Å². The van der Waals surface area contributed by atoms with Crippen LogP contribution in [0.3, 0.4) is 0 Å². The molecule has 0 radical (unpaired) electrons. The summed E-state index contributed by atoms with van der Waals surface area (Å²) in [6, 6.07) is 11.5. The lowest BCUT2D eigenvalue weighted by atomic mass is 10.2. The third-order valence-electron chi connectivity index (χ3n) is 3.71. The molecule has 24 heavy (non-hydrogen) atoms. The molecule has 1 aromatic carbocycles. The topological polar surface area (TPSA) is 88.5 Å². The number of rotatable bonds is 3. The summed E-state index contributed by atoms with van der Waals surface area (Å²) in [7, 11) is 1.95. The molecule has 4 aromatic rings. The molecule has 0 saturated carbocycles. The Morgan fingerprint density at radius 1 is 1.12 bits per heavy atom. The lowest BCUT2D eigenvalue weighted by Gasteiger charge is -2.10. The summed E-state index contributed by atoms with van der Waals surface area (Å²) in [6.07, 6.45) is 5.27. The summed E-state index contributed by atoms with van der Waals surface area (Å²) in [5, 5.41) is 3.99. The van der Waals surface area contributed by atoms with Crippen LogP contribution in [0.2, 0.25) is 0 Å². The molecule has 0 fully saturated rings. The number of hydrogen-bond acceptors (Lipinski definition) is 5. The summed E-state index contributed by atoms with van der Waals surface area (Å²) in [5.41, 5.74) is 1.78. The van der Waals surface area contributed by atoms with E-state index >= 15 is 0 Å².